The molecular weight excluding hydrogens is 290 g/mol. The first-order chi connectivity index (χ1) is 11.1. The zero-order valence-corrected chi connectivity index (χ0v) is 12.3. The van der Waals surface area contributed by atoms with Crippen LogP contribution < -0.4 is 0 Å². The van der Waals surface area contributed by atoms with E-state index < -0.39 is 0 Å². The van der Waals surface area contributed by atoms with Gasteiger partial charge in [0.15, 0.2) is 0 Å². The molecule has 3 rings (SSSR count). The van der Waals surface area contributed by atoms with Gasteiger partial charge in [0.25, 0.3) is 0 Å². The Morgan fingerprint density at radius 1 is 0.739 bits per heavy atom. The fraction of sp³-hybridized carbons (Fsp3) is 0. The van der Waals surface area contributed by atoms with Crippen LogP contribution in [0, 0.1) is 0 Å². The molecule has 0 aromatic heterocycles. The van der Waals surface area contributed by atoms with Crippen LogP contribution in [0.25, 0.3) is 23.3 Å². The fourth-order valence-electron chi connectivity index (χ4n) is 2.46. The van der Waals surface area contributed by atoms with E-state index >= 15 is 0 Å². The summed E-state index contributed by atoms with van der Waals surface area (Å²) in [5.41, 5.74) is 3.15. The third-order valence-corrected chi connectivity index (χ3v) is 3.54. The van der Waals surface area contributed by atoms with E-state index in [9.17, 15) is 15.3 Å². The van der Waals surface area contributed by atoms with Crippen molar-refractivity contribution >= 4 is 12.2 Å². The Kier molecular flexibility index (Phi) is 4.02. The van der Waals surface area contributed by atoms with Crippen LogP contribution in [0.4, 0.5) is 0 Å². The lowest BCUT2D eigenvalue weighted by Crippen LogP contribution is -1.85. The zero-order valence-electron chi connectivity index (χ0n) is 12.3. The monoisotopic (exact) mass is 306 g/mol. The lowest BCUT2D eigenvalue weighted by molar-refractivity contribution is 0.451. The molecule has 0 radical (unpaired) electrons. The van der Waals surface area contributed by atoms with Crippen LogP contribution in [0.3, 0.4) is 0 Å². The molecule has 3 N–H and O–H groups in total. The Morgan fingerprint density at radius 2 is 1.43 bits per heavy atom. The van der Waals surface area contributed by atoms with Crippen LogP contribution >= 0.6 is 0 Å². The van der Waals surface area contributed by atoms with E-state index in [-0.39, 0.29) is 17.2 Å². The van der Waals surface area contributed by atoms with Gasteiger partial charge in [0.1, 0.15) is 17.2 Å². The Labute approximate surface area is 134 Å². The number of phenols is 3. The fourth-order valence-corrected chi connectivity index (χ4v) is 2.46. The van der Waals surface area contributed by atoms with Gasteiger partial charge in [-0.05, 0) is 34.9 Å². The Morgan fingerprint density at radius 3 is 2.13 bits per heavy atom. The molecule has 0 amide bonds. The SMILES string of the molecule is Oc1ccc(C=Cc2cc(O)cc(O)c2-[14c]2ccccc2)cc1. The number of phenolic OH excluding ortho intramolecular Hbond substituents is 3. The first-order valence-corrected chi connectivity index (χ1v) is 7.22. The Hall–Kier alpha value is -3.20. The van der Waals surface area contributed by atoms with Gasteiger partial charge in [-0.3, -0.25) is 0 Å². The number of benzene rings is 3. The molecule has 23 heavy (non-hydrogen) atoms. The van der Waals surface area contributed by atoms with Crippen molar-refractivity contribution in [2.75, 3.05) is 0 Å². The van der Waals surface area contributed by atoms with E-state index in [1.807, 2.05) is 42.5 Å². The molecule has 0 saturated heterocycles. The van der Waals surface area contributed by atoms with Crippen LogP contribution in [-0.2, 0) is 0 Å². The number of hydrogen-bond donors (Lipinski definition) is 3. The second kappa shape index (κ2) is 6.28. The van der Waals surface area contributed by atoms with Gasteiger partial charge in [-0.15, -0.1) is 0 Å². The topological polar surface area (TPSA) is 60.7 Å². The van der Waals surface area contributed by atoms with Crippen molar-refractivity contribution in [1.29, 1.82) is 0 Å². The summed E-state index contributed by atoms with van der Waals surface area (Å²) in [5.74, 6) is 0.246. The summed E-state index contributed by atoms with van der Waals surface area (Å²) in [7, 11) is 0. The van der Waals surface area contributed by atoms with Gasteiger partial charge in [-0.25, -0.2) is 0 Å². The summed E-state index contributed by atoms with van der Waals surface area (Å²) >= 11 is 0. The number of aromatic hydroxyl groups is 3. The largest absolute Gasteiger partial charge is 0.508 e. The average molecular weight is 306 g/mol. The molecule has 0 aliphatic heterocycles. The predicted molar refractivity (Wildman–Crippen MR) is 92.2 cm³/mol. The first kappa shape index (κ1) is 14.7. The quantitative estimate of drug-likeness (QED) is 0.618. The molecule has 0 unspecified atom stereocenters. The van der Waals surface area contributed by atoms with Gasteiger partial charge in [-0.2, -0.15) is 0 Å². The molecule has 0 atom stereocenters. The Balaban J connectivity index is 2.06. The van der Waals surface area contributed by atoms with Crippen molar-refractivity contribution in [2.24, 2.45) is 0 Å². The lowest BCUT2D eigenvalue weighted by Gasteiger charge is -2.10. The summed E-state index contributed by atoms with van der Waals surface area (Å²) in [5, 5.41) is 29.3. The summed E-state index contributed by atoms with van der Waals surface area (Å²) in [4.78, 5) is 0. The van der Waals surface area contributed by atoms with Gasteiger partial charge < -0.3 is 15.3 Å². The molecule has 0 saturated carbocycles. The van der Waals surface area contributed by atoms with Crippen LogP contribution in [0.5, 0.6) is 17.2 Å². The van der Waals surface area contributed by atoms with Gasteiger partial charge in [0.05, 0.1) is 0 Å². The molecule has 0 aliphatic rings. The van der Waals surface area contributed by atoms with E-state index in [4.69, 9.17) is 0 Å². The van der Waals surface area contributed by atoms with Gasteiger partial charge in [-0.1, -0.05) is 54.6 Å². The van der Waals surface area contributed by atoms with Crippen molar-refractivity contribution in [3.8, 4) is 28.4 Å². The first-order valence-electron chi connectivity index (χ1n) is 7.22. The molecule has 0 aliphatic carbocycles. The normalized spacial score (nSPS) is 11.0. The van der Waals surface area contributed by atoms with Gasteiger partial charge in [0, 0.05) is 11.6 Å². The highest BCUT2D eigenvalue weighted by molar-refractivity contribution is 5.85. The molecule has 0 fully saturated rings. The zero-order chi connectivity index (χ0) is 16.2. The second-order valence-corrected chi connectivity index (χ2v) is 5.22. The highest BCUT2D eigenvalue weighted by atomic mass is 16.3. The third kappa shape index (κ3) is 3.35. The smallest absolute Gasteiger partial charge is 0.127 e. The molecule has 114 valence electrons. The minimum atomic E-state index is 0.00698. The van der Waals surface area contributed by atoms with Crippen molar-refractivity contribution in [3.63, 3.8) is 0 Å². The molecular formula is C20H16O3. The average Bonchev–Trinajstić information content (AvgIpc) is 2.54. The predicted octanol–water partition coefficient (Wildman–Crippen LogP) is 4.64. The van der Waals surface area contributed by atoms with E-state index in [1.54, 1.807) is 30.3 Å². The minimum Gasteiger partial charge on any atom is -0.508 e. The standard InChI is InChI=1S/C20H16O3/c21-17-10-7-14(8-11-17)6-9-16-12-18(22)13-19(23)20(16)15-4-2-1-3-5-15/h1-13,21-23H/i15+2. The van der Waals surface area contributed by atoms with Crippen LogP contribution in [-0.4, -0.2) is 15.3 Å². The van der Waals surface area contributed by atoms with Gasteiger partial charge in [0.2, 0.25) is 0 Å². The summed E-state index contributed by atoms with van der Waals surface area (Å²) < 4.78 is 0. The number of rotatable bonds is 3. The minimum absolute atomic E-state index is 0.00698. The van der Waals surface area contributed by atoms with E-state index in [0.717, 1.165) is 11.1 Å². The van der Waals surface area contributed by atoms with E-state index in [1.165, 1.54) is 6.07 Å². The van der Waals surface area contributed by atoms with Gasteiger partial charge >= 0.3 is 0 Å². The third-order valence-electron chi connectivity index (χ3n) is 3.54. The highest BCUT2D eigenvalue weighted by Crippen LogP contribution is 2.36. The van der Waals surface area contributed by atoms with Crippen molar-refractivity contribution in [3.05, 3.63) is 77.9 Å². The molecule has 3 heteroatoms. The molecule has 0 heterocycles. The number of hydrogen-bond acceptors (Lipinski definition) is 3. The maximum atomic E-state index is 10.2. The van der Waals surface area contributed by atoms with Crippen LogP contribution in [0.1, 0.15) is 11.1 Å². The maximum absolute atomic E-state index is 10.2. The highest BCUT2D eigenvalue weighted by Gasteiger charge is 2.10. The molecule has 0 spiro atoms. The molecule has 3 aromatic carbocycles. The summed E-state index contributed by atoms with van der Waals surface area (Å²) in [6.45, 7) is 0. The van der Waals surface area contributed by atoms with E-state index in [0.29, 0.717) is 11.1 Å². The maximum Gasteiger partial charge on any atom is 0.127 e. The van der Waals surface area contributed by atoms with Crippen molar-refractivity contribution < 1.29 is 15.3 Å². The molecule has 3 aromatic rings. The molecule has 0 bridgehead atoms. The summed E-state index contributed by atoms with van der Waals surface area (Å²) in [6, 6.07) is 19.3. The summed E-state index contributed by atoms with van der Waals surface area (Å²) in [6.07, 6.45) is 3.69. The van der Waals surface area contributed by atoms with Crippen molar-refractivity contribution in [2.45, 2.75) is 0 Å². The Bertz CT molecular complexity index is 835. The molecule has 3 nitrogen and oxygen atoms in total. The van der Waals surface area contributed by atoms with Crippen LogP contribution in [0.15, 0.2) is 66.7 Å². The lowest BCUT2D eigenvalue weighted by atomic mass is 10.1. The second-order valence-electron chi connectivity index (χ2n) is 5.22. The van der Waals surface area contributed by atoms with E-state index in [2.05, 4.69) is 0 Å². The van der Waals surface area contributed by atoms with Crippen LogP contribution in [0.2, 0.25) is 0 Å². The van der Waals surface area contributed by atoms with Crippen molar-refractivity contribution in [1.82, 2.24) is 0 Å².